The molecule has 9 heavy (non-hydrogen) atoms. The Morgan fingerprint density at radius 1 is 1.89 bits per heavy atom. The van der Waals surface area contributed by atoms with Crippen molar-refractivity contribution >= 4 is 0 Å². The number of hydrogen-bond donors (Lipinski definition) is 2. The van der Waals surface area contributed by atoms with Crippen molar-refractivity contribution in [2.24, 2.45) is 5.90 Å². The Kier molecular flexibility index (Phi) is 3.80. The van der Waals surface area contributed by atoms with Crippen molar-refractivity contribution < 1.29 is 19.9 Å². The molecule has 0 amide bonds. The van der Waals surface area contributed by atoms with Gasteiger partial charge in [0.15, 0.2) is 0 Å². The third-order valence-electron chi connectivity index (χ3n) is 0.558. The van der Waals surface area contributed by atoms with Crippen molar-refractivity contribution in [3.8, 4) is 0 Å². The Morgan fingerprint density at radius 3 is 2.56 bits per heavy atom. The summed E-state index contributed by atoms with van der Waals surface area (Å²) in [5, 5.41) is 17.8. The van der Waals surface area contributed by atoms with Crippen LogP contribution in [0.4, 0.5) is 0 Å². The Bertz CT molecular complexity index is 95.0. The first kappa shape index (κ1) is 8.24. The van der Waals surface area contributed by atoms with Crippen molar-refractivity contribution in [1.29, 1.82) is 0 Å². The van der Waals surface area contributed by atoms with Gasteiger partial charge in [0.05, 0.1) is 4.92 Å². The molecule has 3 N–H and O–H groups in total. The van der Waals surface area contributed by atoms with E-state index < -0.39 is 17.8 Å². The molecule has 0 aromatic rings. The summed E-state index contributed by atoms with van der Waals surface area (Å²) in [4.78, 5) is 16.1. The molecule has 0 aromatic carbocycles. The average Bonchev–Trinajstić information content (AvgIpc) is 1.82. The number of nitro groups is 1. The smallest absolute Gasteiger partial charge is 0.366 e. The lowest BCUT2D eigenvalue weighted by Crippen LogP contribution is -2.28. The number of hydrogen-bond acceptors (Lipinski definition) is 6. The van der Waals surface area contributed by atoms with Gasteiger partial charge in [0.25, 0.3) is 0 Å². The largest absolute Gasteiger partial charge is 0.386 e. The van der Waals surface area contributed by atoms with Gasteiger partial charge in [0.1, 0.15) is 6.61 Å². The molecule has 54 valence electrons. The van der Waals surface area contributed by atoms with E-state index in [9.17, 15) is 10.1 Å². The van der Waals surface area contributed by atoms with E-state index in [-0.39, 0.29) is 0 Å². The topological polar surface area (TPSA) is 108 Å². The summed E-state index contributed by atoms with van der Waals surface area (Å²) in [6, 6.07) is 0. The fourth-order valence-electron chi connectivity index (χ4n) is 0.196. The van der Waals surface area contributed by atoms with Gasteiger partial charge < -0.3 is 5.11 Å². The Hall–Kier alpha value is -0.760. The summed E-state index contributed by atoms with van der Waals surface area (Å²) in [6.45, 7) is -0.774. The fourth-order valence-corrected chi connectivity index (χ4v) is 0.196. The fraction of sp³-hybridized carbons (Fsp3) is 1.00. The summed E-state index contributed by atoms with van der Waals surface area (Å²) >= 11 is 0. The third-order valence-corrected chi connectivity index (χ3v) is 0.558. The normalized spacial score (nSPS) is 13.1. The van der Waals surface area contributed by atoms with Crippen molar-refractivity contribution in [3.05, 3.63) is 10.1 Å². The van der Waals surface area contributed by atoms with Crippen LogP contribution in [0.2, 0.25) is 0 Å². The quantitative estimate of drug-likeness (QED) is 0.210. The van der Waals surface area contributed by atoms with Crippen molar-refractivity contribution in [2.45, 2.75) is 6.23 Å². The summed E-state index contributed by atoms with van der Waals surface area (Å²) < 4.78 is 0. The number of aliphatic hydroxyl groups excluding tert-OH is 1. The highest BCUT2D eigenvalue weighted by molar-refractivity contribution is 4.30. The van der Waals surface area contributed by atoms with Crippen LogP contribution >= 0.6 is 0 Å². The van der Waals surface area contributed by atoms with Crippen LogP contribution in [0, 0.1) is 10.1 Å². The van der Waals surface area contributed by atoms with Crippen molar-refractivity contribution in [2.75, 3.05) is 6.61 Å². The maximum atomic E-state index is 9.71. The molecule has 1 atom stereocenters. The monoisotopic (exact) mass is 138 g/mol. The lowest BCUT2D eigenvalue weighted by Gasteiger charge is -2.01. The first-order valence-electron chi connectivity index (χ1n) is 1.99. The first-order valence-corrected chi connectivity index (χ1v) is 1.99. The standard InChI is InChI=1S/C2H6N2O5/c3-9-8-2(1-5)4(6)7/h2,5H,1,3H2. The van der Waals surface area contributed by atoms with E-state index in [1.165, 1.54) is 0 Å². The van der Waals surface area contributed by atoms with E-state index in [1.807, 2.05) is 0 Å². The Balaban J connectivity index is 3.54. The zero-order valence-electron chi connectivity index (χ0n) is 4.39. The van der Waals surface area contributed by atoms with E-state index in [0.717, 1.165) is 0 Å². The van der Waals surface area contributed by atoms with Crippen LogP contribution in [-0.4, -0.2) is 22.9 Å². The van der Waals surface area contributed by atoms with Crippen LogP contribution in [0.3, 0.4) is 0 Å². The number of nitrogens with two attached hydrogens (primary N) is 1. The molecule has 0 radical (unpaired) electrons. The van der Waals surface area contributed by atoms with Gasteiger partial charge in [-0.05, 0) is 0 Å². The van der Waals surface area contributed by atoms with Gasteiger partial charge in [-0.25, -0.2) is 0 Å². The molecule has 0 spiro atoms. The van der Waals surface area contributed by atoms with Gasteiger partial charge in [0, 0.05) is 0 Å². The minimum atomic E-state index is -1.60. The van der Waals surface area contributed by atoms with Gasteiger partial charge in [-0.3, -0.25) is 10.1 Å². The van der Waals surface area contributed by atoms with Crippen molar-refractivity contribution in [1.82, 2.24) is 0 Å². The molecule has 0 saturated carbocycles. The molecule has 0 aliphatic rings. The second-order valence-corrected chi connectivity index (χ2v) is 1.12. The van der Waals surface area contributed by atoms with E-state index in [2.05, 4.69) is 15.8 Å². The molecule has 0 aliphatic carbocycles. The van der Waals surface area contributed by atoms with E-state index in [4.69, 9.17) is 5.11 Å². The molecule has 7 nitrogen and oxygen atoms in total. The van der Waals surface area contributed by atoms with Gasteiger partial charge >= 0.3 is 6.23 Å². The zero-order valence-corrected chi connectivity index (χ0v) is 4.39. The van der Waals surface area contributed by atoms with Crippen LogP contribution in [0.1, 0.15) is 0 Å². The minimum Gasteiger partial charge on any atom is -0.386 e. The third kappa shape index (κ3) is 2.93. The molecular formula is C2H6N2O5. The van der Waals surface area contributed by atoms with Crippen molar-refractivity contribution in [3.63, 3.8) is 0 Å². The lowest BCUT2D eigenvalue weighted by molar-refractivity contribution is -0.625. The molecule has 0 aromatic heterocycles. The second-order valence-electron chi connectivity index (χ2n) is 1.12. The molecule has 1 unspecified atom stereocenters. The SMILES string of the molecule is NOOC(CO)[N+](=O)[O-]. The number of rotatable bonds is 4. The van der Waals surface area contributed by atoms with E-state index in [1.54, 1.807) is 0 Å². The number of aliphatic hydroxyl groups is 1. The van der Waals surface area contributed by atoms with Gasteiger partial charge in [-0.1, -0.05) is 0 Å². The van der Waals surface area contributed by atoms with Gasteiger partial charge in [0.2, 0.25) is 0 Å². The maximum Gasteiger partial charge on any atom is 0.366 e. The Labute approximate surface area is 50.0 Å². The molecule has 0 rings (SSSR count). The van der Waals surface area contributed by atoms with Crippen LogP contribution in [0.5, 0.6) is 0 Å². The van der Waals surface area contributed by atoms with E-state index >= 15 is 0 Å². The highest BCUT2D eigenvalue weighted by atomic mass is 17.3. The van der Waals surface area contributed by atoms with Crippen LogP contribution < -0.4 is 5.90 Å². The molecule has 0 bridgehead atoms. The predicted molar refractivity (Wildman–Crippen MR) is 24.2 cm³/mol. The van der Waals surface area contributed by atoms with Gasteiger partial charge in [-0.2, -0.15) is 5.90 Å². The molecule has 0 saturated heterocycles. The second kappa shape index (κ2) is 4.15. The van der Waals surface area contributed by atoms with Gasteiger partial charge in [-0.15, -0.1) is 9.88 Å². The molecule has 7 heteroatoms. The van der Waals surface area contributed by atoms with E-state index in [0.29, 0.717) is 0 Å². The lowest BCUT2D eigenvalue weighted by atomic mass is 10.6. The summed E-state index contributed by atoms with van der Waals surface area (Å²) in [7, 11) is 0. The highest BCUT2D eigenvalue weighted by Crippen LogP contribution is 1.88. The molecule has 0 heterocycles. The zero-order chi connectivity index (χ0) is 7.28. The Morgan fingerprint density at radius 2 is 2.44 bits per heavy atom. The molecular weight excluding hydrogens is 132 g/mol. The number of nitrogens with zero attached hydrogens (tertiary/aromatic N) is 1. The highest BCUT2D eigenvalue weighted by Gasteiger charge is 2.19. The molecule has 0 aliphatic heterocycles. The van der Waals surface area contributed by atoms with Crippen LogP contribution in [0.25, 0.3) is 0 Å². The minimum absolute atomic E-state index is 0.774. The predicted octanol–water partition coefficient (Wildman–Crippen LogP) is -1.60. The summed E-state index contributed by atoms with van der Waals surface area (Å²) in [6.07, 6.45) is -1.60. The summed E-state index contributed by atoms with van der Waals surface area (Å²) in [5.74, 6) is 4.30. The first-order chi connectivity index (χ1) is 4.22. The average molecular weight is 138 g/mol. The summed E-state index contributed by atoms with van der Waals surface area (Å²) in [5.41, 5.74) is 0. The molecule has 0 fully saturated rings. The maximum absolute atomic E-state index is 9.71. The van der Waals surface area contributed by atoms with Crippen LogP contribution in [-0.2, 0) is 9.88 Å². The van der Waals surface area contributed by atoms with Crippen LogP contribution in [0.15, 0.2) is 0 Å².